The Morgan fingerprint density at radius 1 is 0.944 bits per heavy atom. The molecular formula is C27H32F6N2O. The normalized spacial score (nSPS) is 16.6. The van der Waals surface area contributed by atoms with Crippen LogP contribution in [-0.2, 0) is 23.7 Å². The molecule has 36 heavy (non-hydrogen) atoms. The van der Waals surface area contributed by atoms with Gasteiger partial charge >= 0.3 is 12.4 Å². The lowest BCUT2D eigenvalue weighted by Crippen LogP contribution is -2.37. The lowest BCUT2D eigenvalue weighted by Gasteiger charge is -2.33. The van der Waals surface area contributed by atoms with Crippen molar-refractivity contribution >= 4 is 5.91 Å². The van der Waals surface area contributed by atoms with Crippen molar-refractivity contribution in [2.45, 2.75) is 63.8 Å². The minimum absolute atomic E-state index is 0.0895. The summed E-state index contributed by atoms with van der Waals surface area (Å²) < 4.78 is 78.6. The molecule has 1 amide bonds. The average Bonchev–Trinajstić information content (AvgIpc) is 2.84. The zero-order valence-corrected chi connectivity index (χ0v) is 20.3. The highest BCUT2D eigenvalue weighted by Gasteiger charge is 2.37. The Morgan fingerprint density at radius 3 is 2.06 bits per heavy atom. The van der Waals surface area contributed by atoms with Gasteiger partial charge in [0.25, 0.3) is 0 Å². The van der Waals surface area contributed by atoms with Gasteiger partial charge in [-0.2, -0.15) is 26.3 Å². The molecular weight excluding hydrogens is 482 g/mol. The van der Waals surface area contributed by atoms with Gasteiger partial charge in [0.1, 0.15) is 0 Å². The largest absolute Gasteiger partial charge is 0.416 e. The van der Waals surface area contributed by atoms with Crippen molar-refractivity contribution in [3.63, 3.8) is 0 Å². The van der Waals surface area contributed by atoms with Crippen LogP contribution in [0.5, 0.6) is 0 Å². The Labute approximate surface area is 207 Å². The summed E-state index contributed by atoms with van der Waals surface area (Å²) in [5.74, 6) is -0.178. The Kier molecular flexibility index (Phi) is 9.44. The van der Waals surface area contributed by atoms with Crippen LogP contribution in [0.4, 0.5) is 26.3 Å². The Balaban J connectivity index is 1.56. The predicted octanol–water partition coefficient (Wildman–Crippen LogP) is 7.03. The van der Waals surface area contributed by atoms with Gasteiger partial charge in [-0.3, -0.25) is 4.79 Å². The van der Waals surface area contributed by atoms with Gasteiger partial charge in [0.2, 0.25) is 5.91 Å². The molecule has 1 aliphatic heterocycles. The number of nitrogens with one attached hydrogen (secondary N) is 1. The first-order valence-electron chi connectivity index (χ1n) is 12.3. The third-order valence-corrected chi connectivity index (χ3v) is 6.77. The number of halogens is 6. The van der Waals surface area contributed by atoms with Crippen molar-refractivity contribution in [1.29, 1.82) is 0 Å². The van der Waals surface area contributed by atoms with Crippen molar-refractivity contribution < 1.29 is 31.1 Å². The number of piperidine rings is 1. The highest BCUT2D eigenvalue weighted by atomic mass is 19.4. The summed E-state index contributed by atoms with van der Waals surface area (Å²) in [5, 5.41) is 2.57. The fraction of sp³-hybridized carbons (Fsp3) is 0.519. The van der Waals surface area contributed by atoms with Gasteiger partial charge < -0.3 is 10.2 Å². The monoisotopic (exact) mass is 514 g/mol. The molecule has 1 fully saturated rings. The van der Waals surface area contributed by atoms with Gasteiger partial charge in [0, 0.05) is 12.5 Å². The topological polar surface area (TPSA) is 32.3 Å². The Hall–Kier alpha value is -2.55. The van der Waals surface area contributed by atoms with E-state index in [4.69, 9.17) is 0 Å². The van der Waals surface area contributed by atoms with E-state index in [1.54, 1.807) is 0 Å². The molecule has 0 aromatic heterocycles. The molecule has 0 saturated carbocycles. The summed E-state index contributed by atoms with van der Waals surface area (Å²) in [6, 6.07) is 11.8. The van der Waals surface area contributed by atoms with E-state index in [0.717, 1.165) is 38.9 Å². The fourth-order valence-corrected chi connectivity index (χ4v) is 4.76. The fourth-order valence-electron chi connectivity index (χ4n) is 4.76. The number of amides is 1. The second-order valence-corrected chi connectivity index (χ2v) is 9.43. The Morgan fingerprint density at radius 2 is 1.53 bits per heavy atom. The molecule has 1 saturated heterocycles. The first kappa shape index (κ1) is 28.0. The summed E-state index contributed by atoms with van der Waals surface area (Å²) >= 11 is 0. The number of hydrogen-bond acceptors (Lipinski definition) is 2. The van der Waals surface area contributed by atoms with Crippen LogP contribution in [0, 0.1) is 5.92 Å². The lowest BCUT2D eigenvalue weighted by molar-refractivity contribution is -0.143. The van der Waals surface area contributed by atoms with E-state index in [9.17, 15) is 31.1 Å². The number of carbonyl (C=O) groups is 1. The molecule has 1 atom stereocenters. The maximum absolute atomic E-state index is 13.1. The van der Waals surface area contributed by atoms with Crippen molar-refractivity contribution in [3.05, 3.63) is 70.8 Å². The predicted molar refractivity (Wildman–Crippen MR) is 126 cm³/mol. The number of alkyl halides is 6. The summed E-state index contributed by atoms with van der Waals surface area (Å²) in [5.41, 5.74) is -1.66. The molecule has 2 aromatic carbocycles. The quantitative estimate of drug-likeness (QED) is 0.365. The van der Waals surface area contributed by atoms with E-state index >= 15 is 0 Å². The molecule has 1 heterocycles. The molecule has 0 radical (unpaired) electrons. The second-order valence-electron chi connectivity index (χ2n) is 9.43. The summed E-state index contributed by atoms with van der Waals surface area (Å²) in [6.07, 6.45) is -5.83. The van der Waals surface area contributed by atoms with Crippen LogP contribution in [0.2, 0.25) is 0 Å². The standard InChI is InChI=1S/C27H32F6N2O/c1-2-6-22(11-14-35-12-9-21(10-13-35)20-7-4-3-5-8-20)25(36)34-18-19-15-23(26(28,29)30)17-24(16-19)27(31,32)33/h3-5,7-8,15-17,21-22H,2,6,9-14,18H2,1H3,(H,34,36). The van der Waals surface area contributed by atoms with Gasteiger partial charge in [0.05, 0.1) is 11.1 Å². The van der Waals surface area contributed by atoms with Gasteiger partial charge in [0.15, 0.2) is 0 Å². The van der Waals surface area contributed by atoms with E-state index < -0.39 is 30.0 Å². The molecule has 0 aliphatic carbocycles. The number of carbonyl (C=O) groups excluding carboxylic acids is 1. The number of rotatable bonds is 9. The molecule has 0 bridgehead atoms. The van der Waals surface area contributed by atoms with Crippen molar-refractivity contribution in [1.82, 2.24) is 10.2 Å². The van der Waals surface area contributed by atoms with Crippen LogP contribution in [-0.4, -0.2) is 30.4 Å². The maximum atomic E-state index is 13.1. The average molecular weight is 515 g/mol. The zero-order valence-electron chi connectivity index (χ0n) is 20.3. The molecule has 9 heteroatoms. The van der Waals surface area contributed by atoms with E-state index in [-0.39, 0.29) is 23.5 Å². The van der Waals surface area contributed by atoms with Crippen LogP contribution < -0.4 is 5.32 Å². The Bertz CT molecular complexity index is 950. The van der Waals surface area contributed by atoms with Crippen LogP contribution in [0.1, 0.15) is 67.2 Å². The minimum atomic E-state index is -4.92. The summed E-state index contributed by atoms with van der Waals surface area (Å²) in [6.45, 7) is 4.11. The van der Waals surface area contributed by atoms with E-state index in [1.807, 2.05) is 25.1 Å². The zero-order chi connectivity index (χ0) is 26.3. The van der Waals surface area contributed by atoms with E-state index in [0.29, 0.717) is 30.9 Å². The number of likely N-dealkylation sites (tertiary alicyclic amines) is 1. The molecule has 1 unspecified atom stereocenters. The van der Waals surface area contributed by atoms with E-state index in [2.05, 4.69) is 22.3 Å². The van der Waals surface area contributed by atoms with Crippen LogP contribution in [0.3, 0.4) is 0 Å². The van der Waals surface area contributed by atoms with Gasteiger partial charge in [-0.1, -0.05) is 43.7 Å². The van der Waals surface area contributed by atoms with Gasteiger partial charge in [-0.25, -0.2) is 0 Å². The first-order chi connectivity index (χ1) is 17.0. The third kappa shape index (κ3) is 7.98. The lowest BCUT2D eigenvalue weighted by atomic mass is 9.89. The van der Waals surface area contributed by atoms with Gasteiger partial charge in [-0.15, -0.1) is 0 Å². The number of hydrogen-bond donors (Lipinski definition) is 1. The van der Waals surface area contributed by atoms with Crippen LogP contribution in [0.15, 0.2) is 48.5 Å². The summed E-state index contributed by atoms with van der Waals surface area (Å²) in [4.78, 5) is 15.1. The molecule has 1 N–H and O–H groups in total. The second kappa shape index (κ2) is 12.1. The van der Waals surface area contributed by atoms with Crippen molar-refractivity contribution in [2.75, 3.05) is 19.6 Å². The number of benzene rings is 2. The minimum Gasteiger partial charge on any atom is -0.352 e. The SMILES string of the molecule is CCCC(CCN1CCC(c2ccccc2)CC1)C(=O)NCc1cc(C(F)(F)F)cc(C(F)(F)F)c1. The highest BCUT2D eigenvalue weighted by Crippen LogP contribution is 2.36. The maximum Gasteiger partial charge on any atom is 0.416 e. The molecule has 3 rings (SSSR count). The molecule has 3 nitrogen and oxygen atoms in total. The first-order valence-corrected chi connectivity index (χ1v) is 12.3. The van der Waals surface area contributed by atoms with Crippen LogP contribution in [0.25, 0.3) is 0 Å². The number of nitrogens with zero attached hydrogens (tertiary/aromatic N) is 1. The van der Waals surface area contributed by atoms with Crippen molar-refractivity contribution in [3.8, 4) is 0 Å². The molecule has 2 aromatic rings. The molecule has 198 valence electrons. The molecule has 0 spiro atoms. The van der Waals surface area contributed by atoms with E-state index in [1.165, 1.54) is 5.56 Å². The highest BCUT2D eigenvalue weighted by molar-refractivity contribution is 5.78. The van der Waals surface area contributed by atoms with Crippen molar-refractivity contribution in [2.24, 2.45) is 5.92 Å². The van der Waals surface area contributed by atoms with Gasteiger partial charge in [-0.05, 0) is 80.6 Å². The summed E-state index contributed by atoms with van der Waals surface area (Å²) in [7, 11) is 0. The third-order valence-electron chi connectivity index (χ3n) is 6.77. The smallest absolute Gasteiger partial charge is 0.352 e. The van der Waals surface area contributed by atoms with Crippen LogP contribution >= 0.6 is 0 Å². The molecule has 1 aliphatic rings.